The predicted octanol–water partition coefficient (Wildman–Crippen LogP) is 3.65. The molecule has 3 N–H and O–H groups in total. The van der Waals surface area contributed by atoms with Gasteiger partial charge in [0.2, 0.25) is 0 Å². The van der Waals surface area contributed by atoms with Crippen molar-refractivity contribution < 1.29 is 19.4 Å². The summed E-state index contributed by atoms with van der Waals surface area (Å²) >= 11 is 0. The van der Waals surface area contributed by atoms with Gasteiger partial charge in [-0.3, -0.25) is 10.1 Å². The van der Waals surface area contributed by atoms with E-state index in [1.165, 1.54) is 0 Å². The van der Waals surface area contributed by atoms with Crippen LogP contribution in [-0.4, -0.2) is 35.3 Å². The van der Waals surface area contributed by atoms with Crippen molar-refractivity contribution >= 4 is 16.9 Å². The van der Waals surface area contributed by atoms with Gasteiger partial charge in [0.1, 0.15) is 6.04 Å². The van der Waals surface area contributed by atoms with Crippen LogP contribution in [0.3, 0.4) is 0 Å². The number of hydrogen-bond acceptors (Lipinski definition) is 4. The summed E-state index contributed by atoms with van der Waals surface area (Å²) in [7, 11) is 0. The number of aliphatic carboxylic acids is 1. The molecular formula is C22H24N2O4. The first-order chi connectivity index (χ1) is 13.6. The van der Waals surface area contributed by atoms with Gasteiger partial charge in [-0.25, -0.2) is 0 Å². The smallest absolute Gasteiger partial charge is 0.321 e. The Bertz CT molecular complexity index is 1010. The van der Waals surface area contributed by atoms with Crippen LogP contribution in [0.25, 0.3) is 10.9 Å². The zero-order valence-electron chi connectivity index (χ0n) is 16.0. The standard InChI is InChI=1S/C22H24N2O4/c1-3-27-18-10-9-13(11-19(18)28-4-2)20-21-15(12-17(24-20)22(25)26)14-7-5-6-8-16(14)23-21/h5-11,17,20,23-24H,3-4,12H2,1-2H3,(H,25,26)/t17-,20-/m1/s1. The molecule has 0 spiro atoms. The fraction of sp³-hybridized carbons (Fsp3) is 0.318. The van der Waals surface area contributed by atoms with Gasteiger partial charge in [-0.05, 0) is 43.2 Å². The van der Waals surface area contributed by atoms with Gasteiger partial charge < -0.3 is 19.6 Å². The van der Waals surface area contributed by atoms with Crippen LogP contribution in [0.1, 0.15) is 36.7 Å². The Kier molecular flexibility index (Phi) is 4.96. The zero-order chi connectivity index (χ0) is 19.7. The van der Waals surface area contributed by atoms with Gasteiger partial charge in [0, 0.05) is 23.0 Å². The summed E-state index contributed by atoms with van der Waals surface area (Å²) in [6.45, 7) is 4.93. The highest BCUT2D eigenvalue weighted by Gasteiger charge is 2.34. The predicted molar refractivity (Wildman–Crippen MR) is 107 cm³/mol. The number of ether oxygens (including phenoxy) is 2. The second-order valence-electron chi connectivity index (χ2n) is 6.83. The number of H-pyrrole nitrogens is 1. The zero-order valence-corrected chi connectivity index (χ0v) is 16.0. The number of nitrogens with one attached hydrogen (secondary N) is 2. The summed E-state index contributed by atoms with van der Waals surface area (Å²) in [5.74, 6) is 0.506. The molecule has 1 aliphatic rings. The summed E-state index contributed by atoms with van der Waals surface area (Å²) in [6.07, 6.45) is 0.445. The molecule has 0 bridgehead atoms. The Morgan fingerprint density at radius 1 is 1.11 bits per heavy atom. The van der Waals surface area contributed by atoms with E-state index in [1.54, 1.807) is 0 Å². The Hall–Kier alpha value is -2.99. The van der Waals surface area contributed by atoms with E-state index >= 15 is 0 Å². The lowest BCUT2D eigenvalue weighted by atomic mass is 9.90. The Labute approximate surface area is 163 Å². The van der Waals surface area contributed by atoms with Crippen LogP contribution in [0.4, 0.5) is 0 Å². The number of carboxylic acids is 1. The highest BCUT2D eigenvalue weighted by molar-refractivity contribution is 5.87. The molecule has 0 saturated heterocycles. The molecule has 6 nitrogen and oxygen atoms in total. The van der Waals surface area contributed by atoms with Crippen molar-refractivity contribution in [1.82, 2.24) is 10.3 Å². The van der Waals surface area contributed by atoms with E-state index in [9.17, 15) is 9.90 Å². The second kappa shape index (κ2) is 7.56. The van der Waals surface area contributed by atoms with Crippen molar-refractivity contribution in [2.24, 2.45) is 0 Å². The average Bonchev–Trinajstić information content (AvgIpc) is 3.07. The third-order valence-electron chi connectivity index (χ3n) is 5.11. The first kappa shape index (κ1) is 18.4. The number of hydrogen-bond donors (Lipinski definition) is 3. The average molecular weight is 380 g/mol. The summed E-state index contributed by atoms with van der Waals surface area (Å²) in [6, 6.07) is 12.9. The van der Waals surface area contributed by atoms with Crippen LogP contribution >= 0.6 is 0 Å². The van der Waals surface area contributed by atoms with Crippen molar-refractivity contribution in [1.29, 1.82) is 0 Å². The maximum absolute atomic E-state index is 11.8. The van der Waals surface area contributed by atoms with Gasteiger partial charge >= 0.3 is 5.97 Å². The van der Waals surface area contributed by atoms with Crippen LogP contribution in [0.15, 0.2) is 42.5 Å². The molecule has 0 unspecified atom stereocenters. The normalized spacial score (nSPS) is 18.6. The number of rotatable bonds is 6. The summed E-state index contributed by atoms with van der Waals surface area (Å²) < 4.78 is 11.4. The number of fused-ring (bicyclic) bond motifs is 3. The SMILES string of the molecule is CCOc1ccc([C@H]2N[C@@H](C(=O)O)Cc3c2[nH]c2ccccc32)cc1OCC. The van der Waals surface area contributed by atoms with E-state index in [1.807, 2.05) is 56.3 Å². The van der Waals surface area contributed by atoms with Crippen LogP contribution < -0.4 is 14.8 Å². The fourth-order valence-electron chi connectivity index (χ4n) is 3.90. The van der Waals surface area contributed by atoms with Crippen molar-refractivity contribution in [3.63, 3.8) is 0 Å². The van der Waals surface area contributed by atoms with E-state index < -0.39 is 12.0 Å². The van der Waals surface area contributed by atoms with E-state index in [4.69, 9.17) is 9.47 Å². The van der Waals surface area contributed by atoms with Gasteiger partial charge in [0.25, 0.3) is 0 Å². The summed E-state index contributed by atoms with van der Waals surface area (Å²) in [5, 5.41) is 14.0. The van der Waals surface area contributed by atoms with Crippen molar-refractivity contribution in [2.45, 2.75) is 32.4 Å². The fourth-order valence-corrected chi connectivity index (χ4v) is 3.90. The molecule has 0 radical (unpaired) electrons. The van der Waals surface area contributed by atoms with E-state index in [-0.39, 0.29) is 6.04 Å². The summed E-state index contributed by atoms with van der Waals surface area (Å²) in [4.78, 5) is 15.3. The molecule has 2 atom stereocenters. The molecule has 1 aliphatic heterocycles. The van der Waals surface area contributed by atoms with Gasteiger partial charge in [0.05, 0.1) is 19.3 Å². The maximum Gasteiger partial charge on any atom is 0.321 e. The molecule has 0 amide bonds. The number of aromatic nitrogens is 1. The molecule has 3 aromatic rings. The third-order valence-corrected chi connectivity index (χ3v) is 5.11. The maximum atomic E-state index is 11.8. The molecule has 2 heterocycles. The Morgan fingerprint density at radius 3 is 2.61 bits per heavy atom. The molecule has 28 heavy (non-hydrogen) atoms. The minimum atomic E-state index is -0.850. The topological polar surface area (TPSA) is 83.6 Å². The molecule has 0 fully saturated rings. The van der Waals surface area contributed by atoms with E-state index in [0.717, 1.165) is 27.7 Å². The first-order valence-corrected chi connectivity index (χ1v) is 9.60. The first-order valence-electron chi connectivity index (χ1n) is 9.60. The monoisotopic (exact) mass is 380 g/mol. The van der Waals surface area contributed by atoms with Crippen molar-refractivity contribution in [2.75, 3.05) is 13.2 Å². The Morgan fingerprint density at radius 2 is 1.86 bits per heavy atom. The molecule has 146 valence electrons. The molecule has 2 aromatic carbocycles. The third kappa shape index (κ3) is 3.20. The van der Waals surface area contributed by atoms with Crippen LogP contribution in [-0.2, 0) is 11.2 Å². The van der Waals surface area contributed by atoms with Gasteiger partial charge in [-0.2, -0.15) is 0 Å². The van der Waals surface area contributed by atoms with Crippen LogP contribution in [0.5, 0.6) is 11.5 Å². The molecule has 1 aromatic heterocycles. The largest absolute Gasteiger partial charge is 0.490 e. The number of carbonyl (C=O) groups is 1. The quantitative estimate of drug-likeness (QED) is 0.608. The lowest BCUT2D eigenvalue weighted by Gasteiger charge is -2.30. The van der Waals surface area contributed by atoms with Crippen LogP contribution in [0, 0.1) is 0 Å². The number of para-hydroxylation sites is 1. The van der Waals surface area contributed by atoms with Crippen molar-refractivity contribution in [3.8, 4) is 11.5 Å². The summed E-state index contributed by atoms with van der Waals surface area (Å²) in [5.41, 5.74) is 4.01. The highest BCUT2D eigenvalue weighted by atomic mass is 16.5. The number of carboxylic acid groups (broad SMARTS) is 1. The molecule has 0 aliphatic carbocycles. The highest BCUT2D eigenvalue weighted by Crippen LogP contribution is 2.38. The van der Waals surface area contributed by atoms with Gasteiger partial charge in [-0.15, -0.1) is 0 Å². The van der Waals surface area contributed by atoms with Gasteiger partial charge in [-0.1, -0.05) is 24.3 Å². The molecule has 4 rings (SSSR count). The Balaban J connectivity index is 1.83. The second-order valence-corrected chi connectivity index (χ2v) is 6.83. The molecule has 0 saturated carbocycles. The number of benzene rings is 2. The van der Waals surface area contributed by atoms with E-state index in [0.29, 0.717) is 31.1 Å². The van der Waals surface area contributed by atoms with Gasteiger partial charge in [0.15, 0.2) is 11.5 Å². The molecule has 6 heteroatoms. The molecular weight excluding hydrogens is 356 g/mol. The minimum Gasteiger partial charge on any atom is -0.490 e. The van der Waals surface area contributed by atoms with Crippen LogP contribution in [0.2, 0.25) is 0 Å². The lowest BCUT2D eigenvalue weighted by molar-refractivity contribution is -0.139. The van der Waals surface area contributed by atoms with E-state index in [2.05, 4.69) is 10.3 Å². The van der Waals surface area contributed by atoms with Crippen molar-refractivity contribution in [3.05, 3.63) is 59.3 Å². The number of aromatic amines is 1. The minimum absolute atomic E-state index is 0.271. The lowest BCUT2D eigenvalue weighted by Crippen LogP contribution is -2.44.